The van der Waals surface area contributed by atoms with E-state index >= 15 is 0 Å². The predicted octanol–water partition coefficient (Wildman–Crippen LogP) is 3.73. The molecular weight excluding hydrogens is 256 g/mol. The van der Waals surface area contributed by atoms with Gasteiger partial charge >= 0.3 is 0 Å². The van der Waals surface area contributed by atoms with E-state index in [9.17, 15) is 0 Å². The lowest BCUT2D eigenvalue weighted by molar-refractivity contribution is 0.218. The average molecular weight is 276 g/mol. The van der Waals surface area contributed by atoms with Gasteiger partial charge in [-0.05, 0) is 17.5 Å². The Morgan fingerprint density at radius 3 is 2.84 bits per heavy atom. The fraction of sp³-hybridized carbons (Fsp3) is 0.400. The van der Waals surface area contributed by atoms with E-state index in [0.29, 0.717) is 5.92 Å². The Balaban J connectivity index is 2.29. The number of hydrogen-bond donors (Lipinski definition) is 0. The second kappa shape index (κ2) is 6.78. The molecule has 0 saturated carbocycles. The summed E-state index contributed by atoms with van der Waals surface area (Å²) in [7, 11) is 1.72. The number of aromatic nitrogens is 2. The van der Waals surface area contributed by atoms with Crippen molar-refractivity contribution in [3.05, 3.63) is 42.2 Å². The highest BCUT2D eigenvalue weighted by Gasteiger charge is 2.11. The predicted molar refractivity (Wildman–Crippen MR) is 80.3 cm³/mol. The average Bonchev–Trinajstić information content (AvgIpc) is 2.87. The number of hydrogen-bond acceptors (Lipinski definition) is 3. The van der Waals surface area contributed by atoms with E-state index < -0.39 is 0 Å². The first-order valence-corrected chi connectivity index (χ1v) is 7.47. The van der Waals surface area contributed by atoms with Crippen molar-refractivity contribution in [2.24, 2.45) is 0 Å². The number of para-hydroxylation sites is 1. The third-order valence-corrected chi connectivity index (χ3v) is 3.87. The first kappa shape index (κ1) is 14.2. The van der Waals surface area contributed by atoms with E-state index in [1.807, 2.05) is 12.4 Å². The summed E-state index contributed by atoms with van der Waals surface area (Å²) in [4.78, 5) is 4.44. The molecule has 0 aliphatic rings. The van der Waals surface area contributed by atoms with Crippen molar-refractivity contribution >= 4 is 11.8 Å². The number of ether oxygens (including phenoxy) is 1. The molecule has 0 radical (unpaired) electrons. The first-order chi connectivity index (χ1) is 9.24. The molecule has 19 heavy (non-hydrogen) atoms. The van der Waals surface area contributed by atoms with Crippen LogP contribution in [0.2, 0.25) is 0 Å². The highest BCUT2D eigenvalue weighted by Crippen LogP contribution is 2.26. The minimum Gasteiger partial charge on any atom is -0.384 e. The summed E-state index contributed by atoms with van der Waals surface area (Å²) in [6.45, 7) is 5.17. The van der Waals surface area contributed by atoms with Gasteiger partial charge in [0.2, 0.25) is 0 Å². The van der Waals surface area contributed by atoms with Gasteiger partial charge in [0.15, 0.2) is 5.16 Å². The summed E-state index contributed by atoms with van der Waals surface area (Å²) >= 11 is 1.72. The minimum absolute atomic E-state index is 0.496. The van der Waals surface area contributed by atoms with Gasteiger partial charge in [-0.3, -0.25) is 4.57 Å². The summed E-state index contributed by atoms with van der Waals surface area (Å²) in [5.41, 5.74) is 2.56. The summed E-state index contributed by atoms with van der Waals surface area (Å²) in [6, 6.07) is 8.50. The normalized spacial score (nSPS) is 11.2. The van der Waals surface area contributed by atoms with E-state index in [-0.39, 0.29) is 0 Å². The van der Waals surface area contributed by atoms with Crippen molar-refractivity contribution in [3.63, 3.8) is 0 Å². The largest absolute Gasteiger partial charge is 0.384 e. The molecule has 2 rings (SSSR count). The third-order valence-electron chi connectivity index (χ3n) is 2.94. The fourth-order valence-electron chi connectivity index (χ4n) is 1.99. The summed E-state index contributed by atoms with van der Waals surface area (Å²) < 4.78 is 7.25. The van der Waals surface area contributed by atoms with Gasteiger partial charge in [0, 0.05) is 25.3 Å². The molecule has 0 atom stereocenters. The Morgan fingerprint density at radius 1 is 1.32 bits per heavy atom. The summed E-state index contributed by atoms with van der Waals surface area (Å²) in [6.07, 6.45) is 3.88. The van der Waals surface area contributed by atoms with Gasteiger partial charge in [-0.1, -0.05) is 43.8 Å². The topological polar surface area (TPSA) is 27.1 Å². The van der Waals surface area contributed by atoms with E-state index in [0.717, 1.165) is 17.5 Å². The molecule has 0 unspecified atom stereocenters. The van der Waals surface area contributed by atoms with Crippen molar-refractivity contribution in [3.8, 4) is 5.69 Å². The smallest absolute Gasteiger partial charge is 0.172 e. The third kappa shape index (κ3) is 3.39. The molecule has 0 spiro atoms. The van der Waals surface area contributed by atoms with Crippen LogP contribution in [0.5, 0.6) is 0 Å². The van der Waals surface area contributed by atoms with Gasteiger partial charge in [0.25, 0.3) is 0 Å². The van der Waals surface area contributed by atoms with Crippen LogP contribution < -0.4 is 0 Å². The number of nitrogens with zero attached hydrogens (tertiary/aromatic N) is 2. The fourth-order valence-corrected chi connectivity index (χ4v) is 2.86. The van der Waals surface area contributed by atoms with Crippen molar-refractivity contribution in [1.82, 2.24) is 9.55 Å². The van der Waals surface area contributed by atoms with Crippen molar-refractivity contribution in [1.29, 1.82) is 0 Å². The number of imidazole rings is 1. The Morgan fingerprint density at radius 2 is 2.11 bits per heavy atom. The van der Waals surface area contributed by atoms with E-state index in [4.69, 9.17) is 4.74 Å². The Labute approximate surface area is 119 Å². The first-order valence-electron chi connectivity index (χ1n) is 6.48. The zero-order chi connectivity index (χ0) is 13.7. The maximum Gasteiger partial charge on any atom is 0.172 e. The van der Waals surface area contributed by atoms with Crippen LogP contribution in [0.15, 0.2) is 41.8 Å². The maximum absolute atomic E-state index is 5.09. The lowest BCUT2D eigenvalue weighted by Crippen LogP contribution is -2.02. The van der Waals surface area contributed by atoms with Crippen LogP contribution in [-0.4, -0.2) is 29.0 Å². The van der Waals surface area contributed by atoms with Crippen molar-refractivity contribution < 1.29 is 4.74 Å². The molecule has 1 aromatic heterocycles. The lowest BCUT2D eigenvalue weighted by Gasteiger charge is -2.15. The van der Waals surface area contributed by atoms with Gasteiger partial charge in [-0.15, -0.1) is 0 Å². The number of rotatable bonds is 6. The SMILES string of the molecule is COCCSc1nccn1-c1ccccc1C(C)C. The van der Waals surface area contributed by atoms with E-state index in [2.05, 4.69) is 47.7 Å². The zero-order valence-electron chi connectivity index (χ0n) is 11.7. The molecule has 2 aromatic rings. The van der Waals surface area contributed by atoms with Gasteiger partial charge in [0.1, 0.15) is 0 Å². The number of benzene rings is 1. The van der Waals surface area contributed by atoms with Crippen molar-refractivity contribution in [2.75, 3.05) is 19.5 Å². The number of methoxy groups -OCH3 is 1. The summed E-state index contributed by atoms with van der Waals surface area (Å²) in [5, 5.41) is 1.02. The molecule has 0 N–H and O–H groups in total. The van der Waals surface area contributed by atoms with Gasteiger partial charge in [-0.25, -0.2) is 4.98 Å². The Bertz CT molecular complexity index is 522. The van der Waals surface area contributed by atoms with E-state index in [1.54, 1.807) is 18.9 Å². The molecule has 3 nitrogen and oxygen atoms in total. The molecule has 1 heterocycles. The van der Waals surface area contributed by atoms with Gasteiger partial charge in [0.05, 0.1) is 12.3 Å². The molecule has 1 aromatic carbocycles. The van der Waals surface area contributed by atoms with Crippen LogP contribution in [0.3, 0.4) is 0 Å². The van der Waals surface area contributed by atoms with E-state index in [1.165, 1.54) is 11.3 Å². The van der Waals surface area contributed by atoms with Crippen LogP contribution in [0, 0.1) is 0 Å². The quantitative estimate of drug-likeness (QED) is 0.594. The lowest BCUT2D eigenvalue weighted by atomic mass is 10.0. The molecule has 0 saturated heterocycles. The monoisotopic (exact) mass is 276 g/mol. The molecule has 0 aliphatic carbocycles. The van der Waals surface area contributed by atoms with Gasteiger partial charge in [-0.2, -0.15) is 0 Å². The molecular formula is C15H20N2OS. The second-order valence-corrected chi connectivity index (χ2v) is 5.70. The number of thioether (sulfide) groups is 1. The van der Waals surface area contributed by atoms with Crippen LogP contribution in [0.25, 0.3) is 5.69 Å². The van der Waals surface area contributed by atoms with Crippen molar-refractivity contribution in [2.45, 2.75) is 24.9 Å². The summed E-state index contributed by atoms with van der Waals surface area (Å²) in [5.74, 6) is 1.41. The molecule has 102 valence electrons. The molecule has 0 fully saturated rings. The standard InChI is InChI=1S/C15H20N2OS/c1-12(2)13-6-4-5-7-14(13)17-9-8-16-15(17)19-11-10-18-3/h4-9,12H,10-11H2,1-3H3. The Kier molecular flexibility index (Phi) is 5.05. The molecule has 4 heteroatoms. The maximum atomic E-state index is 5.09. The van der Waals surface area contributed by atoms with Crippen LogP contribution >= 0.6 is 11.8 Å². The highest BCUT2D eigenvalue weighted by molar-refractivity contribution is 7.99. The molecule has 0 amide bonds. The minimum atomic E-state index is 0.496. The highest BCUT2D eigenvalue weighted by atomic mass is 32.2. The van der Waals surface area contributed by atoms with Crippen LogP contribution in [0.1, 0.15) is 25.3 Å². The van der Waals surface area contributed by atoms with Crippen LogP contribution in [0.4, 0.5) is 0 Å². The zero-order valence-corrected chi connectivity index (χ0v) is 12.5. The molecule has 0 aliphatic heterocycles. The Hall–Kier alpha value is -1.26. The second-order valence-electron chi connectivity index (χ2n) is 4.63. The molecule has 0 bridgehead atoms. The van der Waals surface area contributed by atoms with Crippen LogP contribution in [-0.2, 0) is 4.74 Å². The van der Waals surface area contributed by atoms with Gasteiger partial charge < -0.3 is 4.74 Å².